The molecule has 4 heteroatoms. The summed E-state index contributed by atoms with van der Waals surface area (Å²) < 4.78 is 0.892. The molecule has 21 heavy (non-hydrogen) atoms. The number of anilines is 1. The topological polar surface area (TPSA) is 48.7 Å². The Hall–Kier alpha value is -1.86. The lowest BCUT2D eigenvalue weighted by Gasteiger charge is -2.21. The zero-order valence-corrected chi connectivity index (χ0v) is 14.2. The first kappa shape index (κ1) is 15.5. The number of hydrogen-bond acceptors (Lipinski definition) is 3. The highest BCUT2D eigenvalue weighted by atomic mass is 79.9. The largest absolute Gasteiger partial charge is 0.378 e. The lowest BCUT2D eigenvalue weighted by atomic mass is 10.00. The van der Waals surface area contributed by atoms with E-state index >= 15 is 0 Å². The van der Waals surface area contributed by atoms with Crippen molar-refractivity contribution in [2.75, 3.05) is 5.32 Å². The van der Waals surface area contributed by atoms with Gasteiger partial charge < -0.3 is 5.32 Å². The molecule has 0 amide bonds. The molecule has 0 aliphatic rings. The Bertz CT molecular complexity index is 693. The van der Waals surface area contributed by atoms with Crippen LogP contribution < -0.4 is 5.32 Å². The van der Waals surface area contributed by atoms with Crippen LogP contribution in [0.15, 0.2) is 28.7 Å². The van der Waals surface area contributed by atoms with Crippen molar-refractivity contribution in [3.8, 4) is 6.07 Å². The summed E-state index contributed by atoms with van der Waals surface area (Å²) in [5.41, 5.74) is 6.17. The molecule has 0 saturated carbocycles. The Morgan fingerprint density at radius 2 is 1.95 bits per heavy atom. The number of pyridine rings is 1. The van der Waals surface area contributed by atoms with Gasteiger partial charge in [0.1, 0.15) is 0 Å². The van der Waals surface area contributed by atoms with Crippen LogP contribution in [0.4, 0.5) is 5.69 Å². The second-order valence-electron chi connectivity index (χ2n) is 5.25. The van der Waals surface area contributed by atoms with E-state index in [1.54, 1.807) is 0 Å². The highest BCUT2D eigenvalue weighted by Gasteiger charge is 2.14. The van der Waals surface area contributed by atoms with Crippen molar-refractivity contribution in [2.24, 2.45) is 0 Å². The molecule has 0 aliphatic carbocycles. The molecular weight excluding hydrogens is 326 g/mol. The lowest BCUT2D eigenvalue weighted by molar-refractivity contribution is 0.842. The molecule has 2 rings (SSSR count). The van der Waals surface area contributed by atoms with Crippen LogP contribution in [0.3, 0.4) is 0 Å². The summed E-state index contributed by atoms with van der Waals surface area (Å²) in [4.78, 5) is 4.55. The summed E-state index contributed by atoms with van der Waals surface area (Å²) in [6, 6.07) is 9.94. The smallest absolute Gasteiger partial charge is 0.0992 e. The van der Waals surface area contributed by atoms with Crippen LogP contribution in [0.5, 0.6) is 0 Å². The van der Waals surface area contributed by atoms with Crippen LogP contribution in [0.25, 0.3) is 0 Å². The highest BCUT2D eigenvalue weighted by molar-refractivity contribution is 9.10. The number of nitrogens with one attached hydrogen (secondary N) is 1. The Kier molecular flexibility index (Phi) is 4.64. The highest BCUT2D eigenvalue weighted by Crippen LogP contribution is 2.29. The monoisotopic (exact) mass is 343 g/mol. The molecule has 2 aromatic rings. The van der Waals surface area contributed by atoms with Gasteiger partial charge in [-0.05, 0) is 79.0 Å². The van der Waals surface area contributed by atoms with E-state index in [-0.39, 0.29) is 6.04 Å². The average molecular weight is 344 g/mol. The SMILES string of the molecule is Cc1cc(C)c(C(C)Nc2ccc(C#N)cc2Br)c(C)n1. The summed E-state index contributed by atoms with van der Waals surface area (Å²) in [7, 11) is 0. The van der Waals surface area contributed by atoms with E-state index in [4.69, 9.17) is 5.26 Å². The van der Waals surface area contributed by atoms with Crippen LogP contribution in [-0.4, -0.2) is 4.98 Å². The first-order valence-electron chi connectivity index (χ1n) is 6.83. The Labute approximate surface area is 134 Å². The Morgan fingerprint density at radius 3 is 2.52 bits per heavy atom. The molecule has 0 saturated heterocycles. The average Bonchev–Trinajstić information content (AvgIpc) is 2.39. The molecule has 108 valence electrons. The third-order valence-electron chi connectivity index (χ3n) is 3.49. The standard InChI is InChI=1S/C17H18BrN3/c1-10-7-11(2)20-12(3)17(10)13(4)21-16-6-5-14(9-19)8-15(16)18/h5-8,13,21H,1-4H3. The number of hydrogen-bond donors (Lipinski definition) is 1. The van der Waals surface area contributed by atoms with Crippen molar-refractivity contribution in [1.82, 2.24) is 4.98 Å². The van der Waals surface area contributed by atoms with Gasteiger partial charge in [0.05, 0.1) is 17.7 Å². The van der Waals surface area contributed by atoms with Gasteiger partial charge in [0.15, 0.2) is 0 Å². The van der Waals surface area contributed by atoms with Gasteiger partial charge in [0, 0.05) is 21.5 Å². The minimum Gasteiger partial charge on any atom is -0.378 e. The van der Waals surface area contributed by atoms with Gasteiger partial charge in [-0.3, -0.25) is 4.98 Å². The van der Waals surface area contributed by atoms with Crippen LogP contribution in [0.2, 0.25) is 0 Å². The molecule has 1 atom stereocenters. The van der Waals surface area contributed by atoms with Crippen molar-refractivity contribution in [2.45, 2.75) is 33.7 Å². The molecule has 1 aromatic heterocycles. The van der Waals surface area contributed by atoms with Crippen LogP contribution >= 0.6 is 15.9 Å². The second-order valence-corrected chi connectivity index (χ2v) is 6.11. The molecule has 1 aromatic carbocycles. The van der Waals surface area contributed by atoms with Crippen molar-refractivity contribution >= 4 is 21.6 Å². The van der Waals surface area contributed by atoms with Gasteiger partial charge in [-0.15, -0.1) is 0 Å². The van der Waals surface area contributed by atoms with Crippen LogP contribution in [0, 0.1) is 32.1 Å². The zero-order chi connectivity index (χ0) is 15.6. The predicted octanol–water partition coefficient (Wildman–Crippen LogP) is 4.81. The van der Waals surface area contributed by atoms with E-state index in [1.807, 2.05) is 32.0 Å². The molecule has 3 nitrogen and oxygen atoms in total. The van der Waals surface area contributed by atoms with Gasteiger partial charge in [0.2, 0.25) is 0 Å². The van der Waals surface area contributed by atoms with E-state index in [0.717, 1.165) is 21.5 Å². The van der Waals surface area contributed by atoms with Crippen molar-refractivity contribution < 1.29 is 0 Å². The third kappa shape index (κ3) is 3.43. The molecule has 0 fully saturated rings. The van der Waals surface area contributed by atoms with Crippen LogP contribution in [-0.2, 0) is 0 Å². The summed E-state index contributed by atoms with van der Waals surface area (Å²) in [5, 5.41) is 12.4. The number of benzene rings is 1. The fourth-order valence-corrected chi connectivity index (χ4v) is 3.19. The van der Waals surface area contributed by atoms with Crippen molar-refractivity contribution in [1.29, 1.82) is 5.26 Å². The van der Waals surface area contributed by atoms with E-state index in [0.29, 0.717) is 5.56 Å². The fourth-order valence-electron chi connectivity index (χ4n) is 2.70. The maximum Gasteiger partial charge on any atom is 0.0992 e. The van der Waals surface area contributed by atoms with Crippen LogP contribution in [0.1, 0.15) is 41.0 Å². The van der Waals surface area contributed by atoms with Gasteiger partial charge >= 0.3 is 0 Å². The second kappa shape index (κ2) is 6.28. The lowest BCUT2D eigenvalue weighted by Crippen LogP contribution is -2.12. The van der Waals surface area contributed by atoms with Crippen molar-refractivity contribution in [3.05, 3.63) is 56.8 Å². The predicted molar refractivity (Wildman–Crippen MR) is 89.3 cm³/mol. The number of nitrogens with zero attached hydrogens (tertiary/aromatic N) is 2. The number of aromatic nitrogens is 1. The first-order chi connectivity index (χ1) is 9.92. The van der Waals surface area contributed by atoms with E-state index in [2.05, 4.69) is 52.2 Å². The molecule has 1 heterocycles. The zero-order valence-electron chi connectivity index (χ0n) is 12.7. The normalized spacial score (nSPS) is 11.8. The minimum atomic E-state index is 0.141. The molecule has 1 unspecified atom stereocenters. The molecule has 0 spiro atoms. The first-order valence-corrected chi connectivity index (χ1v) is 7.62. The van der Waals surface area contributed by atoms with E-state index in [9.17, 15) is 0 Å². The maximum atomic E-state index is 8.91. The molecular formula is C17H18BrN3. The number of rotatable bonds is 3. The summed E-state index contributed by atoms with van der Waals surface area (Å²) in [5.74, 6) is 0. The van der Waals surface area contributed by atoms with E-state index in [1.165, 1.54) is 11.1 Å². The fraction of sp³-hybridized carbons (Fsp3) is 0.294. The quantitative estimate of drug-likeness (QED) is 0.869. The number of aryl methyl sites for hydroxylation is 3. The Balaban J connectivity index is 2.31. The minimum absolute atomic E-state index is 0.141. The molecule has 0 bridgehead atoms. The summed E-state index contributed by atoms with van der Waals surface area (Å²) in [6.07, 6.45) is 0. The van der Waals surface area contributed by atoms with Crippen molar-refractivity contribution in [3.63, 3.8) is 0 Å². The van der Waals surface area contributed by atoms with Gasteiger partial charge in [-0.25, -0.2) is 0 Å². The Morgan fingerprint density at radius 1 is 1.24 bits per heavy atom. The summed E-state index contributed by atoms with van der Waals surface area (Å²) >= 11 is 3.51. The maximum absolute atomic E-state index is 8.91. The number of halogens is 1. The van der Waals surface area contributed by atoms with E-state index < -0.39 is 0 Å². The van der Waals surface area contributed by atoms with Gasteiger partial charge in [-0.1, -0.05) is 0 Å². The van der Waals surface area contributed by atoms with Gasteiger partial charge in [-0.2, -0.15) is 5.26 Å². The molecule has 1 N–H and O–H groups in total. The van der Waals surface area contributed by atoms with Gasteiger partial charge in [0.25, 0.3) is 0 Å². The summed E-state index contributed by atoms with van der Waals surface area (Å²) in [6.45, 7) is 8.29. The number of nitriles is 1. The molecule has 0 radical (unpaired) electrons. The molecule has 0 aliphatic heterocycles. The third-order valence-corrected chi connectivity index (χ3v) is 4.14.